The van der Waals surface area contributed by atoms with Crippen LogP contribution in [0.15, 0.2) is 0 Å². The highest BCUT2D eigenvalue weighted by molar-refractivity contribution is 5.69. The van der Waals surface area contributed by atoms with Crippen molar-refractivity contribution in [1.82, 2.24) is 9.80 Å². The first-order chi connectivity index (χ1) is 9.76. The second-order valence-electron chi connectivity index (χ2n) is 6.60. The van der Waals surface area contributed by atoms with E-state index in [0.717, 1.165) is 19.4 Å². The number of rotatable bonds is 6. The molecule has 1 rings (SSSR count). The first-order valence-corrected chi connectivity index (χ1v) is 7.49. The standard InChI is InChI=1S/C15H28N2O4/c1-15(2,11-16(3)8-7-13(18)21-4)12-5-9-17(10-6-12)14(19)20/h12H,5-11H2,1-4H3,(H,19,20). The molecule has 0 saturated carbocycles. The third-order valence-electron chi connectivity index (χ3n) is 4.47. The quantitative estimate of drug-likeness (QED) is 0.759. The zero-order valence-corrected chi connectivity index (χ0v) is 13.6. The molecular formula is C15H28N2O4. The maximum Gasteiger partial charge on any atom is 0.407 e. The van der Waals surface area contributed by atoms with Gasteiger partial charge in [0.05, 0.1) is 13.5 Å². The number of hydrogen-bond donors (Lipinski definition) is 1. The number of methoxy groups -OCH3 is 1. The van der Waals surface area contributed by atoms with Gasteiger partial charge in [0.15, 0.2) is 0 Å². The van der Waals surface area contributed by atoms with Crippen LogP contribution in [-0.4, -0.2) is 67.3 Å². The van der Waals surface area contributed by atoms with Gasteiger partial charge >= 0.3 is 12.1 Å². The molecule has 0 spiro atoms. The average molecular weight is 300 g/mol. The van der Waals surface area contributed by atoms with E-state index in [0.29, 0.717) is 32.0 Å². The Morgan fingerprint density at radius 3 is 2.38 bits per heavy atom. The Morgan fingerprint density at radius 2 is 1.90 bits per heavy atom. The number of amides is 1. The molecule has 1 saturated heterocycles. The van der Waals surface area contributed by atoms with E-state index in [1.165, 1.54) is 12.0 Å². The summed E-state index contributed by atoms with van der Waals surface area (Å²) in [6.07, 6.45) is 1.40. The second-order valence-corrected chi connectivity index (χ2v) is 6.60. The predicted octanol–water partition coefficient (Wildman–Crippen LogP) is 1.90. The minimum absolute atomic E-state index is 0.107. The third-order valence-corrected chi connectivity index (χ3v) is 4.47. The van der Waals surface area contributed by atoms with Gasteiger partial charge in [-0.25, -0.2) is 4.79 Å². The van der Waals surface area contributed by atoms with Crippen molar-refractivity contribution < 1.29 is 19.4 Å². The molecule has 0 atom stereocenters. The van der Waals surface area contributed by atoms with E-state index < -0.39 is 6.09 Å². The monoisotopic (exact) mass is 300 g/mol. The van der Waals surface area contributed by atoms with E-state index in [4.69, 9.17) is 5.11 Å². The van der Waals surface area contributed by atoms with Crippen molar-refractivity contribution in [3.63, 3.8) is 0 Å². The summed E-state index contributed by atoms with van der Waals surface area (Å²) in [5.74, 6) is 0.322. The lowest BCUT2D eigenvalue weighted by atomic mass is 9.73. The molecule has 122 valence electrons. The Morgan fingerprint density at radius 1 is 1.33 bits per heavy atom. The van der Waals surface area contributed by atoms with E-state index in [-0.39, 0.29) is 11.4 Å². The molecule has 0 aliphatic carbocycles. The van der Waals surface area contributed by atoms with Crippen LogP contribution in [0.3, 0.4) is 0 Å². The van der Waals surface area contributed by atoms with Crippen LogP contribution in [-0.2, 0) is 9.53 Å². The van der Waals surface area contributed by atoms with E-state index in [9.17, 15) is 9.59 Å². The molecule has 6 heteroatoms. The van der Waals surface area contributed by atoms with E-state index in [1.54, 1.807) is 0 Å². The Kier molecular flexibility index (Phi) is 6.45. The van der Waals surface area contributed by atoms with Crippen LogP contribution in [0.2, 0.25) is 0 Å². The average Bonchev–Trinajstić information content (AvgIpc) is 2.44. The first kappa shape index (κ1) is 17.8. The Bertz CT molecular complexity index is 363. The number of piperidine rings is 1. The SMILES string of the molecule is COC(=O)CCN(C)CC(C)(C)C1CCN(C(=O)O)CC1. The van der Waals surface area contributed by atoms with Crippen molar-refractivity contribution in [3.8, 4) is 0 Å². The van der Waals surface area contributed by atoms with Gasteiger partial charge in [-0.15, -0.1) is 0 Å². The van der Waals surface area contributed by atoms with E-state index in [2.05, 4.69) is 23.5 Å². The molecule has 0 unspecified atom stereocenters. The van der Waals surface area contributed by atoms with Gasteiger partial charge in [-0.05, 0) is 31.2 Å². The molecule has 0 radical (unpaired) electrons. The molecule has 1 fully saturated rings. The number of hydrogen-bond acceptors (Lipinski definition) is 4. The minimum atomic E-state index is -0.818. The first-order valence-electron chi connectivity index (χ1n) is 7.49. The van der Waals surface area contributed by atoms with Gasteiger partial charge in [-0.2, -0.15) is 0 Å². The highest BCUT2D eigenvalue weighted by Crippen LogP contribution is 2.35. The summed E-state index contributed by atoms with van der Waals surface area (Å²) < 4.78 is 4.65. The lowest BCUT2D eigenvalue weighted by Crippen LogP contribution is -2.45. The van der Waals surface area contributed by atoms with Crippen molar-refractivity contribution in [2.45, 2.75) is 33.1 Å². The second kappa shape index (κ2) is 7.64. The van der Waals surface area contributed by atoms with Crippen LogP contribution in [0, 0.1) is 11.3 Å². The van der Waals surface area contributed by atoms with Crippen LogP contribution in [0.25, 0.3) is 0 Å². The Balaban J connectivity index is 2.42. The largest absolute Gasteiger partial charge is 0.469 e. The normalized spacial score (nSPS) is 17.1. The summed E-state index contributed by atoms with van der Waals surface area (Å²) in [4.78, 5) is 25.8. The zero-order valence-electron chi connectivity index (χ0n) is 13.6. The third kappa shape index (κ3) is 5.53. The van der Waals surface area contributed by atoms with Gasteiger partial charge in [0.1, 0.15) is 0 Å². The molecule has 6 nitrogen and oxygen atoms in total. The van der Waals surface area contributed by atoms with Crippen LogP contribution < -0.4 is 0 Å². The van der Waals surface area contributed by atoms with Crippen molar-refractivity contribution in [2.24, 2.45) is 11.3 Å². The fourth-order valence-electron chi connectivity index (χ4n) is 3.14. The number of carboxylic acid groups (broad SMARTS) is 1. The highest BCUT2D eigenvalue weighted by Gasteiger charge is 2.34. The molecule has 21 heavy (non-hydrogen) atoms. The van der Waals surface area contributed by atoms with Gasteiger partial charge in [-0.3, -0.25) is 4.79 Å². The van der Waals surface area contributed by atoms with Crippen LogP contribution >= 0.6 is 0 Å². The topological polar surface area (TPSA) is 70.1 Å². The van der Waals surface area contributed by atoms with E-state index in [1.807, 2.05) is 7.05 Å². The summed E-state index contributed by atoms with van der Waals surface area (Å²) in [7, 11) is 3.42. The summed E-state index contributed by atoms with van der Waals surface area (Å²) >= 11 is 0. The molecule has 1 aliphatic rings. The van der Waals surface area contributed by atoms with Crippen LogP contribution in [0.1, 0.15) is 33.1 Å². The molecule has 1 N–H and O–H groups in total. The van der Waals surface area contributed by atoms with Gasteiger partial charge in [0.2, 0.25) is 0 Å². The van der Waals surface area contributed by atoms with Crippen molar-refractivity contribution >= 4 is 12.1 Å². The summed E-state index contributed by atoms with van der Waals surface area (Å²) in [5.41, 5.74) is 0.107. The summed E-state index contributed by atoms with van der Waals surface area (Å²) in [6.45, 7) is 7.27. The van der Waals surface area contributed by atoms with Gasteiger partial charge in [0.25, 0.3) is 0 Å². The highest BCUT2D eigenvalue weighted by atomic mass is 16.5. The number of carbonyl (C=O) groups excluding carboxylic acids is 1. The lowest BCUT2D eigenvalue weighted by Gasteiger charge is -2.41. The summed E-state index contributed by atoms with van der Waals surface area (Å²) in [5, 5.41) is 8.99. The fraction of sp³-hybridized carbons (Fsp3) is 0.867. The lowest BCUT2D eigenvalue weighted by molar-refractivity contribution is -0.141. The minimum Gasteiger partial charge on any atom is -0.469 e. The molecule has 0 aromatic carbocycles. The van der Waals surface area contributed by atoms with Crippen molar-refractivity contribution in [2.75, 3.05) is 40.3 Å². The maximum absolute atomic E-state index is 11.2. The number of carbonyl (C=O) groups is 2. The van der Waals surface area contributed by atoms with Crippen molar-refractivity contribution in [1.29, 1.82) is 0 Å². The van der Waals surface area contributed by atoms with Crippen LogP contribution in [0.5, 0.6) is 0 Å². The number of likely N-dealkylation sites (tertiary alicyclic amines) is 1. The van der Waals surface area contributed by atoms with E-state index >= 15 is 0 Å². The Hall–Kier alpha value is -1.30. The smallest absolute Gasteiger partial charge is 0.407 e. The van der Waals surface area contributed by atoms with Gasteiger partial charge in [-0.1, -0.05) is 13.8 Å². The number of esters is 1. The number of ether oxygens (including phenoxy) is 1. The van der Waals surface area contributed by atoms with Gasteiger partial charge < -0.3 is 19.6 Å². The van der Waals surface area contributed by atoms with Gasteiger partial charge in [0, 0.05) is 26.2 Å². The molecular weight excluding hydrogens is 272 g/mol. The molecule has 0 bridgehead atoms. The predicted molar refractivity (Wildman–Crippen MR) is 80.2 cm³/mol. The Labute approximate surface area is 127 Å². The number of nitrogens with zero attached hydrogens (tertiary/aromatic N) is 2. The molecule has 1 heterocycles. The molecule has 1 aliphatic heterocycles. The fourth-order valence-corrected chi connectivity index (χ4v) is 3.14. The van der Waals surface area contributed by atoms with Crippen LogP contribution in [0.4, 0.5) is 4.79 Å². The summed E-state index contributed by atoms with van der Waals surface area (Å²) in [6, 6.07) is 0. The zero-order chi connectivity index (χ0) is 16.0. The molecule has 0 aromatic heterocycles. The molecule has 1 amide bonds. The maximum atomic E-state index is 11.2. The van der Waals surface area contributed by atoms with Crippen molar-refractivity contribution in [3.05, 3.63) is 0 Å². The molecule has 0 aromatic rings.